The zero-order valence-corrected chi connectivity index (χ0v) is 12.3. The minimum Gasteiger partial charge on any atom is -0.310 e. The summed E-state index contributed by atoms with van der Waals surface area (Å²) in [6.45, 7) is 5.73. The maximum atomic E-state index is 13.3. The van der Waals surface area contributed by atoms with Gasteiger partial charge in [-0.3, -0.25) is 0 Å². The second-order valence-electron chi connectivity index (χ2n) is 6.30. The number of hydrogen-bond acceptors (Lipinski definition) is 2. The van der Waals surface area contributed by atoms with Gasteiger partial charge < -0.3 is 10.2 Å². The molecule has 1 aliphatic carbocycles. The van der Waals surface area contributed by atoms with E-state index in [2.05, 4.69) is 17.1 Å². The van der Waals surface area contributed by atoms with Gasteiger partial charge in [0, 0.05) is 18.6 Å². The lowest BCUT2D eigenvalue weighted by Crippen LogP contribution is -2.30. The molecule has 2 fully saturated rings. The van der Waals surface area contributed by atoms with Gasteiger partial charge in [-0.2, -0.15) is 0 Å². The first-order chi connectivity index (χ1) is 9.76. The van der Waals surface area contributed by atoms with Crippen LogP contribution in [0.4, 0.5) is 4.39 Å². The highest BCUT2D eigenvalue weighted by Gasteiger charge is 2.34. The van der Waals surface area contributed by atoms with Crippen LogP contribution in [0.2, 0.25) is 0 Å². The summed E-state index contributed by atoms with van der Waals surface area (Å²) in [7, 11) is 0. The SMILES string of the molecule is CCC(NCC1CCN(C2CC2)C1)c1cccc(F)c1. The molecule has 2 atom stereocenters. The lowest BCUT2D eigenvalue weighted by atomic mass is 10.0. The van der Waals surface area contributed by atoms with Crippen molar-refractivity contribution >= 4 is 0 Å². The van der Waals surface area contributed by atoms with Crippen molar-refractivity contribution in [3.05, 3.63) is 35.6 Å². The van der Waals surface area contributed by atoms with Gasteiger partial charge in [0.25, 0.3) is 0 Å². The molecule has 0 bridgehead atoms. The van der Waals surface area contributed by atoms with Crippen LogP contribution in [0.1, 0.15) is 44.2 Å². The quantitative estimate of drug-likeness (QED) is 0.857. The fourth-order valence-electron chi connectivity index (χ4n) is 3.33. The minimum absolute atomic E-state index is 0.136. The van der Waals surface area contributed by atoms with Gasteiger partial charge in [-0.25, -0.2) is 4.39 Å². The Hall–Kier alpha value is -0.930. The molecular formula is C17H25FN2. The van der Waals surface area contributed by atoms with Gasteiger partial charge in [0.05, 0.1) is 0 Å². The molecule has 0 aromatic heterocycles. The molecule has 1 aliphatic heterocycles. The van der Waals surface area contributed by atoms with Gasteiger partial charge in [0.15, 0.2) is 0 Å². The summed E-state index contributed by atoms with van der Waals surface area (Å²) < 4.78 is 13.3. The average molecular weight is 276 g/mol. The number of nitrogens with one attached hydrogen (secondary N) is 1. The molecule has 2 aliphatic rings. The molecule has 110 valence electrons. The van der Waals surface area contributed by atoms with E-state index in [4.69, 9.17) is 0 Å². The summed E-state index contributed by atoms with van der Waals surface area (Å²) >= 11 is 0. The predicted octanol–water partition coefficient (Wildman–Crippen LogP) is 3.35. The molecule has 1 aromatic carbocycles. The van der Waals surface area contributed by atoms with E-state index < -0.39 is 0 Å². The topological polar surface area (TPSA) is 15.3 Å². The van der Waals surface area contributed by atoms with Crippen LogP contribution in [0.15, 0.2) is 24.3 Å². The standard InChI is InChI=1S/C17H25FN2/c1-2-17(14-4-3-5-15(18)10-14)19-11-13-8-9-20(12-13)16-6-7-16/h3-5,10,13,16-17,19H,2,6-9,11-12H2,1H3. The van der Waals surface area contributed by atoms with Crippen LogP contribution in [-0.2, 0) is 0 Å². The second-order valence-corrected chi connectivity index (χ2v) is 6.30. The first-order valence-electron chi connectivity index (χ1n) is 7.99. The Morgan fingerprint density at radius 1 is 1.35 bits per heavy atom. The maximum absolute atomic E-state index is 13.3. The highest BCUT2D eigenvalue weighted by Crippen LogP contribution is 2.31. The number of halogens is 1. The zero-order chi connectivity index (χ0) is 13.9. The molecule has 1 heterocycles. The zero-order valence-electron chi connectivity index (χ0n) is 12.3. The third-order valence-corrected chi connectivity index (χ3v) is 4.69. The normalized spacial score (nSPS) is 25.0. The van der Waals surface area contributed by atoms with Gasteiger partial charge in [0.2, 0.25) is 0 Å². The highest BCUT2D eigenvalue weighted by atomic mass is 19.1. The molecule has 0 spiro atoms. The van der Waals surface area contributed by atoms with E-state index in [1.165, 1.54) is 38.4 Å². The minimum atomic E-state index is -0.136. The van der Waals surface area contributed by atoms with Crippen molar-refractivity contribution in [3.8, 4) is 0 Å². The molecule has 1 aromatic rings. The number of likely N-dealkylation sites (tertiary alicyclic amines) is 1. The fraction of sp³-hybridized carbons (Fsp3) is 0.647. The third kappa shape index (κ3) is 3.39. The van der Waals surface area contributed by atoms with Gasteiger partial charge >= 0.3 is 0 Å². The van der Waals surface area contributed by atoms with Gasteiger partial charge in [-0.15, -0.1) is 0 Å². The highest BCUT2D eigenvalue weighted by molar-refractivity contribution is 5.20. The first kappa shape index (κ1) is 14.0. The van der Waals surface area contributed by atoms with E-state index in [1.807, 2.05) is 6.07 Å². The van der Waals surface area contributed by atoms with Crippen LogP contribution < -0.4 is 5.32 Å². The van der Waals surface area contributed by atoms with E-state index in [0.29, 0.717) is 0 Å². The molecule has 3 rings (SSSR count). The largest absolute Gasteiger partial charge is 0.310 e. The van der Waals surface area contributed by atoms with Gasteiger partial charge in [-0.1, -0.05) is 19.1 Å². The van der Waals surface area contributed by atoms with E-state index in [0.717, 1.165) is 30.5 Å². The lowest BCUT2D eigenvalue weighted by Gasteiger charge is -2.21. The Kier molecular flexibility index (Phi) is 4.37. The Bertz CT molecular complexity index is 444. The molecule has 2 unspecified atom stereocenters. The smallest absolute Gasteiger partial charge is 0.123 e. The van der Waals surface area contributed by atoms with Crippen molar-refractivity contribution in [2.24, 2.45) is 5.92 Å². The van der Waals surface area contributed by atoms with E-state index in [-0.39, 0.29) is 11.9 Å². The lowest BCUT2D eigenvalue weighted by molar-refractivity contribution is 0.309. The number of hydrogen-bond donors (Lipinski definition) is 1. The van der Waals surface area contributed by atoms with E-state index in [9.17, 15) is 4.39 Å². The molecule has 1 saturated heterocycles. The summed E-state index contributed by atoms with van der Waals surface area (Å²) in [4.78, 5) is 2.65. The fourth-order valence-corrected chi connectivity index (χ4v) is 3.33. The van der Waals surface area contributed by atoms with Crippen LogP contribution >= 0.6 is 0 Å². The van der Waals surface area contributed by atoms with Crippen molar-refractivity contribution in [3.63, 3.8) is 0 Å². The molecule has 2 nitrogen and oxygen atoms in total. The number of nitrogens with zero attached hydrogens (tertiary/aromatic N) is 1. The molecule has 0 radical (unpaired) electrons. The summed E-state index contributed by atoms with van der Waals surface area (Å²) in [6, 6.07) is 8.17. The van der Waals surface area contributed by atoms with Crippen molar-refractivity contribution in [2.45, 2.75) is 44.7 Å². The van der Waals surface area contributed by atoms with Crippen molar-refractivity contribution in [2.75, 3.05) is 19.6 Å². The van der Waals surface area contributed by atoms with Crippen molar-refractivity contribution in [1.29, 1.82) is 0 Å². The van der Waals surface area contributed by atoms with Crippen LogP contribution in [-0.4, -0.2) is 30.6 Å². The summed E-state index contributed by atoms with van der Waals surface area (Å²) in [5, 5.41) is 3.64. The molecular weight excluding hydrogens is 251 g/mol. The van der Waals surface area contributed by atoms with E-state index in [1.54, 1.807) is 12.1 Å². The molecule has 1 saturated carbocycles. The summed E-state index contributed by atoms with van der Waals surface area (Å²) in [5.74, 6) is 0.627. The van der Waals surface area contributed by atoms with Gasteiger partial charge in [-0.05, 0) is 62.4 Å². The summed E-state index contributed by atoms with van der Waals surface area (Å²) in [6.07, 6.45) is 5.12. The Balaban J connectivity index is 1.51. The van der Waals surface area contributed by atoms with E-state index >= 15 is 0 Å². The van der Waals surface area contributed by atoms with Crippen LogP contribution in [0, 0.1) is 11.7 Å². The van der Waals surface area contributed by atoms with Crippen molar-refractivity contribution in [1.82, 2.24) is 10.2 Å². The first-order valence-corrected chi connectivity index (χ1v) is 7.99. The van der Waals surface area contributed by atoms with Gasteiger partial charge in [0.1, 0.15) is 5.82 Å². The average Bonchev–Trinajstić information content (AvgIpc) is 3.19. The van der Waals surface area contributed by atoms with Crippen LogP contribution in [0.5, 0.6) is 0 Å². The summed E-state index contributed by atoms with van der Waals surface area (Å²) in [5.41, 5.74) is 1.07. The molecule has 20 heavy (non-hydrogen) atoms. The van der Waals surface area contributed by atoms with Crippen molar-refractivity contribution < 1.29 is 4.39 Å². The monoisotopic (exact) mass is 276 g/mol. The van der Waals surface area contributed by atoms with Crippen LogP contribution in [0.25, 0.3) is 0 Å². The Morgan fingerprint density at radius 3 is 2.90 bits per heavy atom. The number of benzene rings is 1. The third-order valence-electron chi connectivity index (χ3n) is 4.69. The predicted molar refractivity (Wildman–Crippen MR) is 80.1 cm³/mol. The van der Waals surface area contributed by atoms with Crippen LogP contribution in [0.3, 0.4) is 0 Å². The molecule has 1 N–H and O–H groups in total. The second kappa shape index (κ2) is 6.23. The molecule has 3 heteroatoms. The Labute approximate surface area is 121 Å². The number of rotatable bonds is 6. The Morgan fingerprint density at radius 2 is 2.20 bits per heavy atom. The molecule has 0 amide bonds. The maximum Gasteiger partial charge on any atom is 0.123 e.